The molecule has 0 aliphatic carbocycles. The molecule has 0 spiro atoms. The van der Waals surface area contributed by atoms with Crippen LogP contribution in [-0.4, -0.2) is 26.5 Å². The topological polar surface area (TPSA) is 85.8 Å². The minimum atomic E-state index is -0.104. The molecule has 0 aliphatic rings. The fourth-order valence-electron chi connectivity index (χ4n) is 2.60. The van der Waals surface area contributed by atoms with E-state index in [0.717, 1.165) is 20.4 Å². The molecule has 0 atom stereocenters. The lowest BCUT2D eigenvalue weighted by Gasteiger charge is -2.14. The first-order valence-corrected chi connectivity index (χ1v) is 10.5. The first-order chi connectivity index (χ1) is 13.0. The van der Waals surface area contributed by atoms with Crippen molar-refractivity contribution in [3.63, 3.8) is 0 Å². The van der Waals surface area contributed by atoms with E-state index in [1.54, 1.807) is 0 Å². The number of hydrogen-bond acceptors (Lipinski definition) is 5. The molecule has 0 fully saturated rings. The summed E-state index contributed by atoms with van der Waals surface area (Å²) < 4.78 is 2.56. The van der Waals surface area contributed by atoms with Gasteiger partial charge in [-0.3, -0.25) is 4.79 Å². The number of nitrogens with zero attached hydrogens (tertiary/aromatic N) is 3. The number of carbonyl (C=O) groups excluding carboxylic acids is 1. The van der Waals surface area contributed by atoms with Crippen molar-refractivity contribution in [1.82, 2.24) is 14.9 Å². The smallest absolute Gasteiger partial charge is 0.234 e. The van der Waals surface area contributed by atoms with Crippen molar-refractivity contribution < 1.29 is 4.79 Å². The van der Waals surface area contributed by atoms with E-state index in [-0.39, 0.29) is 11.7 Å². The number of aromatic nitrogens is 3. The molecule has 3 N–H and O–H groups in total. The summed E-state index contributed by atoms with van der Waals surface area (Å²) in [5.41, 5.74) is 2.84. The van der Waals surface area contributed by atoms with Crippen LogP contribution in [0.25, 0.3) is 11.4 Å². The van der Waals surface area contributed by atoms with Gasteiger partial charge in [0.1, 0.15) is 0 Å². The van der Waals surface area contributed by atoms with Crippen LogP contribution >= 0.6 is 34.4 Å². The average molecular weight is 493 g/mol. The third-order valence-corrected chi connectivity index (χ3v) is 5.55. The highest BCUT2D eigenvalue weighted by Gasteiger charge is 2.15. The zero-order valence-corrected chi connectivity index (χ0v) is 18.0. The SMILES string of the molecule is CC(C)c1cc(I)ccc1NC(=O)CSc1nnc(-c2ccccc2)n1N. The van der Waals surface area contributed by atoms with Crippen LogP contribution in [-0.2, 0) is 4.79 Å². The van der Waals surface area contributed by atoms with Crippen LogP contribution in [0.3, 0.4) is 0 Å². The van der Waals surface area contributed by atoms with E-state index in [2.05, 4.69) is 58.0 Å². The molecule has 0 saturated carbocycles. The summed E-state index contributed by atoms with van der Waals surface area (Å²) in [7, 11) is 0. The molecule has 0 radical (unpaired) electrons. The Morgan fingerprint density at radius 3 is 2.67 bits per heavy atom. The third kappa shape index (κ3) is 4.81. The van der Waals surface area contributed by atoms with Crippen molar-refractivity contribution in [2.45, 2.75) is 24.9 Å². The van der Waals surface area contributed by atoms with Gasteiger partial charge >= 0.3 is 0 Å². The number of nitrogens with one attached hydrogen (secondary N) is 1. The molecular formula is C19H20IN5OS. The van der Waals surface area contributed by atoms with E-state index in [4.69, 9.17) is 5.84 Å². The number of anilines is 1. The van der Waals surface area contributed by atoms with Crippen LogP contribution < -0.4 is 11.2 Å². The van der Waals surface area contributed by atoms with Gasteiger partial charge in [-0.25, -0.2) is 4.68 Å². The maximum absolute atomic E-state index is 12.4. The van der Waals surface area contributed by atoms with Gasteiger partial charge in [0.15, 0.2) is 5.82 Å². The number of hydrogen-bond donors (Lipinski definition) is 2. The number of benzene rings is 2. The molecule has 0 unspecified atom stereocenters. The van der Waals surface area contributed by atoms with Crippen molar-refractivity contribution in [3.05, 3.63) is 57.7 Å². The normalized spacial score (nSPS) is 11.0. The van der Waals surface area contributed by atoms with Crippen molar-refractivity contribution in [3.8, 4) is 11.4 Å². The summed E-state index contributed by atoms with van der Waals surface area (Å²) in [5, 5.41) is 11.7. The van der Waals surface area contributed by atoms with Gasteiger partial charge in [-0.1, -0.05) is 55.9 Å². The lowest BCUT2D eigenvalue weighted by atomic mass is 10.0. The highest BCUT2D eigenvalue weighted by atomic mass is 127. The minimum Gasteiger partial charge on any atom is -0.335 e. The summed E-state index contributed by atoms with van der Waals surface area (Å²) in [6.45, 7) is 4.22. The molecule has 0 saturated heterocycles. The first-order valence-electron chi connectivity index (χ1n) is 8.43. The van der Waals surface area contributed by atoms with Crippen LogP contribution in [0, 0.1) is 3.57 Å². The zero-order valence-electron chi connectivity index (χ0n) is 15.0. The number of amides is 1. The fraction of sp³-hybridized carbons (Fsp3) is 0.211. The van der Waals surface area contributed by atoms with Gasteiger partial charge in [0.05, 0.1) is 5.75 Å². The molecule has 2 aromatic carbocycles. The lowest BCUT2D eigenvalue weighted by molar-refractivity contribution is -0.113. The zero-order chi connectivity index (χ0) is 19.4. The Hall–Kier alpha value is -2.07. The van der Waals surface area contributed by atoms with Crippen LogP contribution in [0.5, 0.6) is 0 Å². The van der Waals surface area contributed by atoms with Crippen LogP contribution in [0.4, 0.5) is 5.69 Å². The largest absolute Gasteiger partial charge is 0.335 e. The van der Waals surface area contributed by atoms with E-state index < -0.39 is 0 Å². The second-order valence-electron chi connectivity index (χ2n) is 6.27. The number of rotatable bonds is 6. The maximum Gasteiger partial charge on any atom is 0.234 e. The second kappa shape index (κ2) is 8.75. The molecule has 140 valence electrons. The summed E-state index contributed by atoms with van der Waals surface area (Å²) in [5.74, 6) is 7.08. The number of nitrogen functional groups attached to an aromatic ring is 1. The van der Waals surface area contributed by atoms with E-state index in [0.29, 0.717) is 16.9 Å². The van der Waals surface area contributed by atoms with Crippen LogP contribution in [0.1, 0.15) is 25.3 Å². The maximum atomic E-state index is 12.4. The molecule has 0 aliphatic heterocycles. The van der Waals surface area contributed by atoms with E-state index >= 15 is 0 Å². The second-order valence-corrected chi connectivity index (χ2v) is 8.45. The summed E-state index contributed by atoms with van der Waals surface area (Å²) in [6.07, 6.45) is 0. The van der Waals surface area contributed by atoms with Crippen molar-refractivity contribution in [1.29, 1.82) is 0 Å². The average Bonchev–Trinajstić information content (AvgIpc) is 3.02. The van der Waals surface area contributed by atoms with E-state index in [9.17, 15) is 4.79 Å². The van der Waals surface area contributed by atoms with Gasteiger partial charge in [0.2, 0.25) is 11.1 Å². The first kappa shape index (κ1) is 19.7. The standard InChI is InChI=1S/C19H20IN5OS/c1-12(2)15-10-14(20)8-9-16(15)22-17(26)11-27-19-24-23-18(25(19)21)13-6-4-3-5-7-13/h3-10,12H,11,21H2,1-2H3,(H,22,26). The van der Waals surface area contributed by atoms with Gasteiger partial charge in [-0.2, -0.15) is 0 Å². The molecule has 3 aromatic rings. The molecule has 0 bridgehead atoms. The monoisotopic (exact) mass is 493 g/mol. The Labute approximate surface area is 176 Å². The number of halogens is 1. The summed E-state index contributed by atoms with van der Waals surface area (Å²) in [4.78, 5) is 12.4. The van der Waals surface area contributed by atoms with Crippen molar-refractivity contribution in [2.24, 2.45) is 0 Å². The molecule has 27 heavy (non-hydrogen) atoms. The van der Waals surface area contributed by atoms with Crippen molar-refractivity contribution in [2.75, 3.05) is 16.9 Å². The van der Waals surface area contributed by atoms with Gasteiger partial charge in [0.25, 0.3) is 0 Å². The van der Waals surface area contributed by atoms with E-state index in [1.807, 2.05) is 42.5 Å². The number of nitrogens with two attached hydrogens (primary N) is 1. The number of thioether (sulfide) groups is 1. The molecule has 1 aromatic heterocycles. The van der Waals surface area contributed by atoms with Gasteiger partial charge in [-0.05, 0) is 52.3 Å². The molecule has 3 rings (SSSR count). The number of carbonyl (C=O) groups is 1. The lowest BCUT2D eigenvalue weighted by Crippen LogP contribution is -2.17. The molecule has 8 heteroatoms. The van der Waals surface area contributed by atoms with Gasteiger partial charge in [-0.15, -0.1) is 10.2 Å². The van der Waals surface area contributed by atoms with Gasteiger partial charge < -0.3 is 11.2 Å². The molecular weight excluding hydrogens is 473 g/mol. The molecule has 1 amide bonds. The third-order valence-electron chi connectivity index (χ3n) is 3.94. The highest BCUT2D eigenvalue weighted by molar-refractivity contribution is 14.1. The van der Waals surface area contributed by atoms with Crippen molar-refractivity contribution >= 4 is 45.9 Å². The van der Waals surface area contributed by atoms with E-state index in [1.165, 1.54) is 16.4 Å². The quantitative estimate of drug-likeness (QED) is 0.307. The Morgan fingerprint density at radius 1 is 1.22 bits per heavy atom. The predicted octanol–water partition coefficient (Wildman–Crippen LogP) is 4.12. The fourth-order valence-corrected chi connectivity index (χ4v) is 3.77. The van der Waals surface area contributed by atoms with Crippen LogP contribution in [0.2, 0.25) is 0 Å². The molecule has 1 heterocycles. The summed E-state index contributed by atoms with van der Waals surface area (Å²) in [6, 6.07) is 15.6. The molecule has 6 nitrogen and oxygen atoms in total. The Bertz CT molecular complexity index is 943. The Balaban J connectivity index is 1.66. The highest BCUT2D eigenvalue weighted by Crippen LogP contribution is 2.27. The predicted molar refractivity (Wildman–Crippen MR) is 118 cm³/mol. The van der Waals surface area contributed by atoms with Gasteiger partial charge in [0, 0.05) is 14.8 Å². The summed E-state index contributed by atoms with van der Waals surface area (Å²) >= 11 is 3.53. The van der Waals surface area contributed by atoms with Crippen LogP contribution in [0.15, 0.2) is 53.7 Å². The Kier molecular flexibility index (Phi) is 6.38. The Morgan fingerprint density at radius 2 is 1.96 bits per heavy atom. The minimum absolute atomic E-state index is 0.104.